The van der Waals surface area contributed by atoms with Crippen LogP contribution in [0.1, 0.15) is 56.2 Å². The summed E-state index contributed by atoms with van der Waals surface area (Å²) in [5.41, 5.74) is 2.83. The van der Waals surface area contributed by atoms with Crippen molar-refractivity contribution in [3.63, 3.8) is 0 Å². The normalized spacial score (nSPS) is 15.7. The number of fused-ring (bicyclic) bond motifs is 1. The maximum atomic E-state index is 11.8. The molecule has 192 valence electrons. The zero-order valence-electron chi connectivity index (χ0n) is 21.0. The van der Waals surface area contributed by atoms with Crippen molar-refractivity contribution in [2.24, 2.45) is 5.41 Å². The maximum absolute atomic E-state index is 11.8. The summed E-state index contributed by atoms with van der Waals surface area (Å²) in [5, 5.41) is 11.3. The van der Waals surface area contributed by atoms with E-state index < -0.39 is 5.97 Å². The number of hydrogen-bond acceptors (Lipinski definition) is 6. The molecule has 1 N–H and O–H groups in total. The number of carboxylic acid groups (broad SMARTS) is 1. The highest BCUT2D eigenvalue weighted by Gasteiger charge is 2.36. The van der Waals surface area contributed by atoms with Crippen LogP contribution >= 0.6 is 11.6 Å². The third kappa shape index (κ3) is 6.92. The summed E-state index contributed by atoms with van der Waals surface area (Å²) in [5.74, 6) is 0.0729. The van der Waals surface area contributed by atoms with E-state index >= 15 is 0 Å². The number of ether oxygens (including phenoxy) is 1. The molecule has 7 nitrogen and oxygen atoms in total. The predicted octanol–water partition coefficient (Wildman–Crippen LogP) is 5.59. The summed E-state index contributed by atoms with van der Waals surface area (Å²) in [4.78, 5) is 27.2. The van der Waals surface area contributed by atoms with Crippen molar-refractivity contribution in [1.82, 2.24) is 19.9 Å². The lowest BCUT2D eigenvalue weighted by Crippen LogP contribution is -2.41. The van der Waals surface area contributed by atoms with E-state index in [-0.39, 0.29) is 11.8 Å². The molecule has 36 heavy (non-hydrogen) atoms. The van der Waals surface area contributed by atoms with E-state index in [1.807, 2.05) is 24.4 Å². The van der Waals surface area contributed by atoms with Gasteiger partial charge in [-0.25, -0.2) is 0 Å². The van der Waals surface area contributed by atoms with E-state index in [0.717, 1.165) is 98.9 Å². The second kappa shape index (κ2) is 12.5. The van der Waals surface area contributed by atoms with Crippen molar-refractivity contribution >= 4 is 28.5 Å². The highest BCUT2D eigenvalue weighted by atomic mass is 35.5. The number of aryl methyl sites for hydroxylation is 2. The smallest absolute Gasteiger partial charge is 0.303 e. The molecule has 0 spiro atoms. The van der Waals surface area contributed by atoms with Crippen LogP contribution in [0.25, 0.3) is 10.9 Å². The molecule has 0 amide bonds. The molecule has 3 aromatic rings. The van der Waals surface area contributed by atoms with Gasteiger partial charge in [0.2, 0.25) is 0 Å². The lowest BCUT2D eigenvalue weighted by Gasteiger charge is -2.41. The van der Waals surface area contributed by atoms with Crippen molar-refractivity contribution in [1.29, 1.82) is 0 Å². The van der Waals surface area contributed by atoms with Crippen LogP contribution in [0.15, 0.2) is 43.0 Å². The number of likely N-dealkylation sites (tertiary alicyclic amines) is 1. The first kappa shape index (κ1) is 26.3. The molecule has 8 heteroatoms. The molecule has 0 aliphatic carbocycles. The van der Waals surface area contributed by atoms with Crippen LogP contribution < -0.4 is 4.74 Å². The largest absolute Gasteiger partial charge is 0.497 e. The molecular formula is C28H35ClN4O3. The number of piperidine rings is 1. The number of aliphatic carboxylic acids is 1. The van der Waals surface area contributed by atoms with Crippen LogP contribution in [0.3, 0.4) is 0 Å². The first-order valence-electron chi connectivity index (χ1n) is 12.8. The Morgan fingerprint density at radius 3 is 2.67 bits per heavy atom. The Labute approximate surface area is 217 Å². The monoisotopic (exact) mass is 510 g/mol. The van der Waals surface area contributed by atoms with Crippen molar-refractivity contribution in [2.75, 3.05) is 26.7 Å². The predicted molar refractivity (Wildman–Crippen MR) is 142 cm³/mol. The number of benzene rings is 1. The van der Waals surface area contributed by atoms with Gasteiger partial charge < -0.3 is 14.7 Å². The van der Waals surface area contributed by atoms with Crippen LogP contribution in [0.5, 0.6) is 5.75 Å². The zero-order chi connectivity index (χ0) is 25.4. The highest BCUT2D eigenvalue weighted by molar-refractivity contribution is 6.32. The molecule has 1 aliphatic rings. The molecule has 1 aromatic carbocycles. The third-order valence-corrected chi connectivity index (χ3v) is 7.81. The fourth-order valence-corrected chi connectivity index (χ4v) is 5.66. The minimum atomic E-state index is -0.704. The van der Waals surface area contributed by atoms with Crippen molar-refractivity contribution in [2.45, 2.75) is 57.8 Å². The van der Waals surface area contributed by atoms with E-state index in [4.69, 9.17) is 16.3 Å². The molecule has 0 bridgehead atoms. The fourth-order valence-electron chi connectivity index (χ4n) is 5.41. The van der Waals surface area contributed by atoms with Crippen LogP contribution in [0.4, 0.5) is 0 Å². The summed E-state index contributed by atoms with van der Waals surface area (Å²) < 4.78 is 5.40. The molecule has 2 aromatic heterocycles. The van der Waals surface area contributed by atoms with Gasteiger partial charge in [0.15, 0.2) is 0 Å². The van der Waals surface area contributed by atoms with E-state index in [9.17, 15) is 9.90 Å². The molecule has 0 saturated carbocycles. The maximum Gasteiger partial charge on any atom is 0.303 e. The van der Waals surface area contributed by atoms with Gasteiger partial charge in [-0.1, -0.05) is 11.6 Å². The van der Waals surface area contributed by atoms with Gasteiger partial charge in [0, 0.05) is 30.2 Å². The van der Waals surface area contributed by atoms with Gasteiger partial charge in [-0.3, -0.25) is 19.7 Å². The molecule has 1 saturated heterocycles. The van der Waals surface area contributed by atoms with Crippen molar-refractivity contribution in [3.8, 4) is 5.75 Å². The fraction of sp³-hybridized carbons (Fsp3) is 0.500. The number of nitrogens with zero attached hydrogens (tertiary/aromatic N) is 4. The Balaban J connectivity index is 1.31. The average Bonchev–Trinajstić information content (AvgIpc) is 2.89. The molecule has 3 heterocycles. The number of halogens is 1. The Morgan fingerprint density at radius 1 is 1.11 bits per heavy atom. The molecule has 1 aliphatic heterocycles. The van der Waals surface area contributed by atoms with Gasteiger partial charge in [0.1, 0.15) is 5.75 Å². The standard InChI is InChI=1S/C28H35ClN4O3/c1-36-22-7-8-26-24(17-22)23(25(29)20-32-26)6-4-9-28(18-27(34)35)10-15-33(16-11-28)14-3-2-5-21-19-30-12-13-31-21/h7-8,12-13,17,19-20H,2-6,9-11,14-16,18H2,1H3,(H,34,35). The number of methoxy groups -OCH3 is 1. The molecule has 0 radical (unpaired) electrons. The van der Waals surface area contributed by atoms with Gasteiger partial charge in [-0.05, 0) is 100 Å². The Morgan fingerprint density at radius 2 is 1.94 bits per heavy atom. The zero-order valence-corrected chi connectivity index (χ0v) is 21.7. The van der Waals surface area contributed by atoms with E-state index in [1.54, 1.807) is 25.7 Å². The Bertz CT molecular complexity index is 1150. The average molecular weight is 511 g/mol. The number of unbranched alkanes of at least 4 members (excludes halogenated alkanes) is 1. The summed E-state index contributed by atoms with van der Waals surface area (Å²) in [6, 6.07) is 5.83. The molecule has 1 fully saturated rings. The summed E-state index contributed by atoms with van der Waals surface area (Å²) in [6.45, 7) is 2.95. The van der Waals surface area contributed by atoms with E-state index in [0.29, 0.717) is 5.02 Å². The Hall–Kier alpha value is -2.77. The van der Waals surface area contributed by atoms with Crippen LogP contribution in [0.2, 0.25) is 5.02 Å². The van der Waals surface area contributed by atoms with Crippen molar-refractivity contribution < 1.29 is 14.6 Å². The lowest BCUT2D eigenvalue weighted by atomic mass is 9.72. The van der Waals surface area contributed by atoms with Crippen LogP contribution in [-0.4, -0.2) is 57.7 Å². The minimum absolute atomic E-state index is 0.158. The van der Waals surface area contributed by atoms with E-state index in [2.05, 4.69) is 19.9 Å². The molecule has 0 atom stereocenters. The van der Waals surface area contributed by atoms with Gasteiger partial charge >= 0.3 is 5.97 Å². The number of aromatic nitrogens is 3. The SMILES string of the molecule is COc1ccc2ncc(Cl)c(CCCC3(CC(=O)O)CCN(CCCCc4cnccn4)CC3)c2c1. The third-order valence-electron chi connectivity index (χ3n) is 7.48. The molecule has 0 unspecified atom stereocenters. The summed E-state index contributed by atoms with van der Waals surface area (Å²) in [7, 11) is 1.65. The summed E-state index contributed by atoms with van der Waals surface area (Å²) >= 11 is 6.55. The number of pyridine rings is 1. The second-order valence-corrected chi connectivity index (χ2v) is 10.3. The van der Waals surface area contributed by atoms with Gasteiger partial charge in [0.05, 0.1) is 29.8 Å². The van der Waals surface area contributed by atoms with Crippen LogP contribution in [-0.2, 0) is 17.6 Å². The number of carbonyl (C=O) groups is 1. The van der Waals surface area contributed by atoms with Gasteiger partial charge in [-0.2, -0.15) is 0 Å². The first-order chi connectivity index (χ1) is 17.5. The number of hydrogen-bond donors (Lipinski definition) is 1. The van der Waals surface area contributed by atoms with E-state index in [1.165, 1.54) is 0 Å². The molecular weight excluding hydrogens is 476 g/mol. The Kier molecular flexibility index (Phi) is 9.10. The van der Waals surface area contributed by atoms with Crippen molar-refractivity contribution in [3.05, 3.63) is 59.3 Å². The quantitative estimate of drug-likeness (QED) is 0.318. The second-order valence-electron chi connectivity index (χ2n) is 9.89. The summed E-state index contributed by atoms with van der Waals surface area (Å²) in [6.07, 6.45) is 14.8. The first-order valence-corrected chi connectivity index (χ1v) is 13.2. The van der Waals surface area contributed by atoms with Crippen LogP contribution in [0, 0.1) is 5.41 Å². The topological polar surface area (TPSA) is 88.4 Å². The highest BCUT2D eigenvalue weighted by Crippen LogP contribution is 2.40. The van der Waals surface area contributed by atoms with Gasteiger partial charge in [-0.15, -0.1) is 0 Å². The number of rotatable bonds is 12. The lowest BCUT2D eigenvalue weighted by molar-refractivity contribution is -0.140. The molecule has 4 rings (SSSR count). The number of carboxylic acids is 1. The minimum Gasteiger partial charge on any atom is -0.497 e. The van der Waals surface area contributed by atoms with Gasteiger partial charge in [0.25, 0.3) is 0 Å².